The van der Waals surface area contributed by atoms with E-state index in [-0.39, 0.29) is 23.0 Å². The second kappa shape index (κ2) is 7.81. The second-order valence-electron chi connectivity index (χ2n) is 6.66. The maximum Gasteiger partial charge on any atom is 0.242 e. The van der Waals surface area contributed by atoms with Gasteiger partial charge in [0, 0.05) is 12.0 Å². The lowest BCUT2D eigenvalue weighted by Crippen LogP contribution is -2.46. The zero-order chi connectivity index (χ0) is 16.9. The van der Waals surface area contributed by atoms with E-state index in [0.717, 1.165) is 12.8 Å². The van der Waals surface area contributed by atoms with Crippen LogP contribution >= 0.6 is 11.8 Å². The van der Waals surface area contributed by atoms with E-state index >= 15 is 0 Å². The summed E-state index contributed by atoms with van der Waals surface area (Å²) in [4.78, 5) is 28.0. The van der Waals surface area contributed by atoms with Crippen molar-refractivity contribution in [1.82, 2.24) is 20.8 Å². The van der Waals surface area contributed by atoms with Gasteiger partial charge in [-0.15, -0.1) is 11.8 Å². The van der Waals surface area contributed by atoms with Gasteiger partial charge in [0.1, 0.15) is 6.04 Å². The van der Waals surface area contributed by atoms with Crippen molar-refractivity contribution in [1.29, 1.82) is 0 Å². The molecule has 0 bridgehead atoms. The molecule has 1 aliphatic heterocycles. The Morgan fingerprint density at radius 3 is 2.91 bits per heavy atom. The molecule has 1 fully saturated rings. The number of amides is 2. The Balaban J connectivity index is 1.74. The summed E-state index contributed by atoms with van der Waals surface area (Å²) in [5.41, 5.74) is -0.156. The number of hydrogen-bond acceptors (Lipinski definition) is 6. The molecule has 1 aromatic rings. The van der Waals surface area contributed by atoms with E-state index in [1.165, 1.54) is 11.8 Å². The summed E-state index contributed by atoms with van der Waals surface area (Å²) in [6.07, 6.45) is 2.59. The minimum atomic E-state index is -0.415. The summed E-state index contributed by atoms with van der Waals surface area (Å²) in [5, 5.41) is 9.54. The molecule has 1 saturated heterocycles. The molecule has 23 heavy (non-hydrogen) atoms. The predicted molar refractivity (Wildman–Crippen MR) is 88.0 cm³/mol. The molecule has 0 unspecified atom stereocenters. The number of rotatable bonds is 5. The minimum Gasteiger partial charge on any atom is -0.354 e. The maximum atomic E-state index is 11.9. The van der Waals surface area contributed by atoms with E-state index in [2.05, 4.69) is 20.8 Å². The Kier molecular flexibility index (Phi) is 6.04. The Hall–Kier alpha value is -1.57. The van der Waals surface area contributed by atoms with Crippen LogP contribution in [0.15, 0.2) is 4.52 Å². The third-order valence-corrected chi connectivity index (χ3v) is 4.39. The largest absolute Gasteiger partial charge is 0.354 e. The molecule has 7 nitrogen and oxygen atoms in total. The van der Waals surface area contributed by atoms with Crippen LogP contribution in [0.4, 0.5) is 0 Å². The highest BCUT2D eigenvalue weighted by Crippen LogP contribution is 2.20. The molecule has 0 aliphatic carbocycles. The SMILES string of the molecule is CC(C)(C)c1noc(CSCC(=O)N[C@H]2CCCCNC2=O)n1. The number of nitrogens with zero attached hydrogens (tertiary/aromatic N) is 2. The lowest BCUT2D eigenvalue weighted by atomic mass is 9.96. The van der Waals surface area contributed by atoms with Gasteiger partial charge in [0.25, 0.3) is 0 Å². The third-order valence-electron chi connectivity index (χ3n) is 3.47. The molecular weight excluding hydrogens is 316 g/mol. The zero-order valence-electron chi connectivity index (χ0n) is 13.8. The predicted octanol–water partition coefficient (Wildman–Crippen LogP) is 1.39. The average molecular weight is 340 g/mol. The first kappa shape index (κ1) is 17.8. The fraction of sp³-hybridized carbons (Fsp3) is 0.733. The first-order chi connectivity index (χ1) is 10.9. The molecule has 1 aliphatic rings. The van der Waals surface area contributed by atoms with Crippen molar-refractivity contribution in [2.45, 2.75) is 57.2 Å². The second-order valence-corrected chi connectivity index (χ2v) is 7.65. The van der Waals surface area contributed by atoms with Crippen LogP contribution in [0.1, 0.15) is 51.7 Å². The van der Waals surface area contributed by atoms with Gasteiger partial charge in [-0.3, -0.25) is 9.59 Å². The van der Waals surface area contributed by atoms with Crippen LogP contribution in [0.25, 0.3) is 0 Å². The molecule has 0 radical (unpaired) electrons. The van der Waals surface area contributed by atoms with Gasteiger partial charge >= 0.3 is 0 Å². The molecule has 1 aromatic heterocycles. The van der Waals surface area contributed by atoms with Crippen molar-refractivity contribution in [2.75, 3.05) is 12.3 Å². The molecule has 0 saturated carbocycles. The van der Waals surface area contributed by atoms with Crippen molar-refractivity contribution in [3.8, 4) is 0 Å². The highest BCUT2D eigenvalue weighted by atomic mass is 32.2. The number of carbonyl (C=O) groups excluding carboxylic acids is 2. The zero-order valence-corrected chi connectivity index (χ0v) is 14.7. The van der Waals surface area contributed by atoms with Gasteiger partial charge in [-0.2, -0.15) is 4.98 Å². The van der Waals surface area contributed by atoms with Crippen molar-refractivity contribution in [2.24, 2.45) is 0 Å². The lowest BCUT2D eigenvalue weighted by Gasteiger charge is -2.14. The number of thioether (sulfide) groups is 1. The molecular formula is C15H24N4O3S. The molecule has 2 rings (SSSR count). The summed E-state index contributed by atoms with van der Waals surface area (Å²) in [5.74, 6) is 1.68. The van der Waals surface area contributed by atoms with Gasteiger partial charge in [0.15, 0.2) is 5.82 Å². The monoisotopic (exact) mass is 340 g/mol. The molecule has 1 atom stereocenters. The maximum absolute atomic E-state index is 11.9. The number of nitrogens with one attached hydrogen (secondary N) is 2. The highest BCUT2D eigenvalue weighted by molar-refractivity contribution is 7.99. The molecule has 0 aromatic carbocycles. The summed E-state index contributed by atoms with van der Waals surface area (Å²) in [7, 11) is 0. The van der Waals surface area contributed by atoms with E-state index in [0.29, 0.717) is 30.4 Å². The van der Waals surface area contributed by atoms with Gasteiger partial charge in [-0.25, -0.2) is 0 Å². The fourth-order valence-electron chi connectivity index (χ4n) is 2.16. The Morgan fingerprint density at radius 2 is 2.22 bits per heavy atom. The van der Waals surface area contributed by atoms with Crippen molar-refractivity contribution < 1.29 is 14.1 Å². The molecule has 0 spiro atoms. The van der Waals surface area contributed by atoms with Crippen molar-refractivity contribution in [3.63, 3.8) is 0 Å². The number of hydrogen-bond donors (Lipinski definition) is 2. The van der Waals surface area contributed by atoms with E-state index in [4.69, 9.17) is 4.52 Å². The smallest absolute Gasteiger partial charge is 0.242 e. The fourth-order valence-corrected chi connectivity index (χ4v) is 2.82. The van der Waals surface area contributed by atoms with Crippen LogP contribution in [0.3, 0.4) is 0 Å². The highest BCUT2D eigenvalue weighted by Gasteiger charge is 2.23. The molecule has 128 valence electrons. The van der Waals surface area contributed by atoms with Crippen molar-refractivity contribution in [3.05, 3.63) is 11.7 Å². The van der Waals surface area contributed by atoms with Crippen LogP contribution in [0, 0.1) is 0 Å². The molecule has 2 heterocycles. The molecule has 2 N–H and O–H groups in total. The normalized spacial score (nSPS) is 19.1. The van der Waals surface area contributed by atoms with Crippen molar-refractivity contribution >= 4 is 23.6 Å². The van der Waals surface area contributed by atoms with Gasteiger partial charge in [-0.05, 0) is 19.3 Å². The standard InChI is InChI=1S/C15H24N4O3S/c1-15(2,3)14-18-12(22-19-14)9-23-8-11(20)17-10-6-4-5-7-16-13(10)21/h10H,4-9H2,1-3H3,(H,16,21)(H,17,20)/t10-/m0/s1. The van der Waals surface area contributed by atoms with Gasteiger partial charge in [0.2, 0.25) is 17.7 Å². The van der Waals surface area contributed by atoms with E-state index in [1.807, 2.05) is 20.8 Å². The first-order valence-electron chi connectivity index (χ1n) is 7.84. The van der Waals surface area contributed by atoms with Gasteiger partial charge in [0.05, 0.1) is 11.5 Å². The minimum absolute atomic E-state index is 0.0902. The summed E-state index contributed by atoms with van der Waals surface area (Å²) in [6.45, 7) is 6.73. The average Bonchev–Trinajstić information content (AvgIpc) is 2.86. The third kappa shape index (κ3) is 5.53. The van der Waals surface area contributed by atoms with E-state index in [1.54, 1.807) is 0 Å². The van der Waals surface area contributed by atoms with Crippen LogP contribution < -0.4 is 10.6 Å². The number of aromatic nitrogens is 2. The van der Waals surface area contributed by atoms with E-state index < -0.39 is 6.04 Å². The van der Waals surface area contributed by atoms with Crippen LogP contribution in [-0.2, 0) is 20.8 Å². The molecule has 2 amide bonds. The van der Waals surface area contributed by atoms with Gasteiger partial charge in [-0.1, -0.05) is 25.9 Å². The van der Waals surface area contributed by atoms with Crippen LogP contribution in [0.2, 0.25) is 0 Å². The van der Waals surface area contributed by atoms with Gasteiger partial charge < -0.3 is 15.2 Å². The topological polar surface area (TPSA) is 97.1 Å². The quantitative estimate of drug-likeness (QED) is 0.840. The summed E-state index contributed by atoms with van der Waals surface area (Å²) < 4.78 is 5.18. The Bertz CT molecular complexity index is 553. The van der Waals surface area contributed by atoms with Crippen LogP contribution in [0.5, 0.6) is 0 Å². The van der Waals surface area contributed by atoms with E-state index in [9.17, 15) is 9.59 Å². The van der Waals surface area contributed by atoms with Crippen LogP contribution in [-0.4, -0.2) is 40.3 Å². The number of carbonyl (C=O) groups is 2. The Labute approximate surface area is 140 Å². The first-order valence-corrected chi connectivity index (χ1v) is 8.99. The molecule has 8 heteroatoms. The Morgan fingerprint density at radius 1 is 1.43 bits per heavy atom. The lowest BCUT2D eigenvalue weighted by molar-refractivity contribution is -0.127. The summed E-state index contributed by atoms with van der Waals surface area (Å²) >= 11 is 1.39. The summed E-state index contributed by atoms with van der Waals surface area (Å²) in [6, 6.07) is -0.415.